The van der Waals surface area contributed by atoms with Gasteiger partial charge in [0.1, 0.15) is 0 Å². The van der Waals surface area contributed by atoms with Crippen molar-refractivity contribution in [3.05, 3.63) is 19.2 Å². The largest absolute Gasteiger partial charge is 0.395 e. The maximum Gasteiger partial charge on any atom is 0.0843 e. The minimum Gasteiger partial charge on any atom is -0.395 e. The molecule has 1 aromatic heterocycles. The van der Waals surface area contributed by atoms with Gasteiger partial charge in [-0.3, -0.25) is 0 Å². The molecule has 0 aliphatic rings. The van der Waals surface area contributed by atoms with Crippen molar-refractivity contribution in [3.63, 3.8) is 0 Å². The molecule has 0 bridgehead atoms. The van der Waals surface area contributed by atoms with Gasteiger partial charge in [0.15, 0.2) is 0 Å². The summed E-state index contributed by atoms with van der Waals surface area (Å²) in [6, 6.07) is 1.77. The van der Waals surface area contributed by atoms with Crippen LogP contribution in [0.2, 0.25) is 0 Å². The molecular weight excluding hydrogens is 334 g/mol. The monoisotopic (exact) mass is 343 g/mol. The topological polar surface area (TPSA) is 52.5 Å². The van der Waals surface area contributed by atoms with Gasteiger partial charge in [-0.15, -0.1) is 11.3 Å². The van der Waals surface area contributed by atoms with E-state index < -0.39 is 0 Å². The van der Waals surface area contributed by atoms with E-state index in [4.69, 9.17) is 10.2 Å². The molecule has 1 rings (SSSR count). The molecule has 0 amide bonds. The summed E-state index contributed by atoms with van der Waals surface area (Å²) in [5.74, 6) is 0. The maximum atomic E-state index is 8.83. The lowest BCUT2D eigenvalue weighted by Gasteiger charge is -2.11. The van der Waals surface area contributed by atoms with Crippen molar-refractivity contribution >= 4 is 43.2 Å². The first-order valence-corrected chi connectivity index (χ1v) is 6.46. The first kappa shape index (κ1) is 12.6. The molecular formula is C8H11Br2NO2S. The van der Waals surface area contributed by atoms with Crippen LogP contribution in [0.25, 0.3) is 0 Å². The third-order valence-electron chi connectivity index (χ3n) is 1.70. The molecule has 0 aliphatic carbocycles. The summed E-state index contributed by atoms with van der Waals surface area (Å²) in [6.07, 6.45) is 0. The predicted octanol–water partition coefficient (Wildman–Crippen LogP) is 1.72. The number of hydrogen-bond donors (Lipinski definition) is 3. The molecule has 3 nitrogen and oxygen atoms in total. The molecule has 3 N–H and O–H groups in total. The summed E-state index contributed by atoms with van der Waals surface area (Å²) in [5.41, 5.74) is 0. The van der Waals surface area contributed by atoms with E-state index >= 15 is 0 Å². The zero-order valence-corrected chi connectivity index (χ0v) is 11.3. The van der Waals surface area contributed by atoms with Crippen LogP contribution in [-0.2, 0) is 6.54 Å². The van der Waals surface area contributed by atoms with Gasteiger partial charge < -0.3 is 15.5 Å². The third kappa shape index (κ3) is 3.60. The number of aliphatic hydroxyl groups is 2. The van der Waals surface area contributed by atoms with Gasteiger partial charge in [-0.1, -0.05) is 0 Å². The lowest BCUT2D eigenvalue weighted by Crippen LogP contribution is -2.34. The molecule has 6 heteroatoms. The summed E-state index contributed by atoms with van der Waals surface area (Å²) >= 11 is 8.42. The smallest absolute Gasteiger partial charge is 0.0843 e. The minimum absolute atomic E-state index is 0.0514. The van der Waals surface area contributed by atoms with Crippen LogP contribution in [0.4, 0.5) is 0 Å². The Balaban J connectivity index is 2.45. The van der Waals surface area contributed by atoms with Crippen molar-refractivity contribution < 1.29 is 10.2 Å². The number of hydrogen-bond acceptors (Lipinski definition) is 4. The van der Waals surface area contributed by atoms with E-state index in [-0.39, 0.29) is 19.3 Å². The second-order valence-electron chi connectivity index (χ2n) is 2.78. The van der Waals surface area contributed by atoms with Crippen LogP contribution in [0.1, 0.15) is 4.88 Å². The Bertz CT molecular complexity index is 269. The van der Waals surface area contributed by atoms with Crippen molar-refractivity contribution in [2.75, 3.05) is 13.2 Å². The highest BCUT2D eigenvalue weighted by molar-refractivity contribution is 9.13. The first-order chi connectivity index (χ1) is 6.67. The zero-order chi connectivity index (χ0) is 10.6. The lowest BCUT2D eigenvalue weighted by molar-refractivity contribution is 0.170. The molecule has 0 spiro atoms. The van der Waals surface area contributed by atoms with Gasteiger partial charge in [0.25, 0.3) is 0 Å². The van der Waals surface area contributed by atoms with Crippen LogP contribution in [0.3, 0.4) is 0 Å². The summed E-state index contributed by atoms with van der Waals surface area (Å²) in [4.78, 5) is 1.15. The molecule has 0 saturated carbocycles. The Hall–Kier alpha value is 0.540. The second-order valence-corrected chi connectivity index (χ2v) is 6.09. The summed E-state index contributed by atoms with van der Waals surface area (Å²) in [7, 11) is 0. The van der Waals surface area contributed by atoms with Gasteiger partial charge in [0.2, 0.25) is 0 Å². The standard InChI is InChI=1S/C8H11Br2NO2S/c9-7-1-6(14-8(7)10)2-11-5(3-12)4-13/h1,5,11-13H,2-4H2. The third-order valence-corrected chi connectivity index (χ3v) is 4.96. The van der Waals surface area contributed by atoms with Gasteiger partial charge >= 0.3 is 0 Å². The Labute approximate surface area is 103 Å². The highest BCUT2D eigenvalue weighted by atomic mass is 79.9. The van der Waals surface area contributed by atoms with E-state index in [9.17, 15) is 0 Å². The molecule has 0 aromatic carbocycles. The highest BCUT2D eigenvalue weighted by Gasteiger charge is 2.07. The molecule has 1 heterocycles. The van der Waals surface area contributed by atoms with E-state index in [1.807, 2.05) is 6.07 Å². The van der Waals surface area contributed by atoms with Crippen molar-refractivity contribution in [2.24, 2.45) is 0 Å². The van der Waals surface area contributed by atoms with Crippen LogP contribution in [-0.4, -0.2) is 29.5 Å². The van der Waals surface area contributed by atoms with E-state index in [0.717, 1.165) is 13.1 Å². The molecule has 0 aliphatic heterocycles. The van der Waals surface area contributed by atoms with E-state index in [2.05, 4.69) is 37.2 Å². The van der Waals surface area contributed by atoms with Crippen molar-refractivity contribution in [1.82, 2.24) is 5.32 Å². The number of aliphatic hydroxyl groups excluding tert-OH is 2. The SMILES string of the molecule is OCC(CO)NCc1cc(Br)c(Br)s1. The Morgan fingerprint density at radius 3 is 2.43 bits per heavy atom. The van der Waals surface area contributed by atoms with Gasteiger partial charge in [-0.2, -0.15) is 0 Å². The van der Waals surface area contributed by atoms with Crippen molar-refractivity contribution in [2.45, 2.75) is 12.6 Å². The molecule has 0 radical (unpaired) electrons. The molecule has 1 aromatic rings. The van der Waals surface area contributed by atoms with E-state index in [1.165, 1.54) is 0 Å². The van der Waals surface area contributed by atoms with Crippen LogP contribution < -0.4 is 5.32 Å². The maximum absolute atomic E-state index is 8.83. The molecule has 80 valence electrons. The van der Waals surface area contributed by atoms with Crippen molar-refractivity contribution in [1.29, 1.82) is 0 Å². The van der Waals surface area contributed by atoms with Crippen LogP contribution >= 0.6 is 43.2 Å². The quantitative estimate of drug-likeness (QED) is 0.762. The summed E-state index contributed by atoms with van der Waals surface area (Å²) < 4.78 is 2.09. The average molecular weight is 345 g/mol. The zero-order valence-electron chi connectivity index (χ0n) is 7.33. The van der Waals surface area contributed by atoms with Crippen LogP contribution in [0.15, 0.2) is 14.3 Å². The average Bonchev–Trinajstić information content (AvgIpc) is 2.48. The van der Waals surface area contributed by atoms with E-state index in [1.54, 1.807) is 11.3 Å². The number of thiophene rings is 1. The molecule has 0 fully saturated rings. The Kier molecular flexibility index (Phi) is 5.58. The highest BCUT2D eigenvalue weighted by Crippen LogP contribution is 2.32. The Morgan fingerprint density at radius 1 is 1.36 bits per heavy atom. The van der Waals surface area contributed by atoms with Gasteiger partial charge in [0.05, 0.1) is 23.0 Å². The molecule has 0 unspecified atom stereocenters. The predicted molar refractivity (Wildman–Crippen MR) is 64.5 cm³/mol. The molecule has 0 atom stereocenters. The normalized spacial score (nSPS) is 11.2. The fraction of sp³-hybridized carbons (Fsp3) is 0.500. The fourth-order valence-electron chi connectivity index (χ4n) is 0.910. The van der Waals surface area contributed by atoms with Crippen LogP contribution in [0, 0.1) is 0 Å². The Morgan fingerprint density at radius 2 is 2.00 bits per heavy atom. The summed E-state index contributed by atoms with van der Waals surface area (Å²) in [6.45, 7) is 0.551. The molecule has 0 saturated heterocycles. The van der Waals surface area contributed by atoms with Crippen molar-refractivity contribution in [3.8, 4) is 0 Å². The lowest BCUT2D eigenvalue weighted by atomic mass is 10.3. The summed E-state index contributed by atoms with van der Waals surface area (Å²) in [5, 5.41) is 20.7. The van der Waals surface area contributed by atoms with Gasteiger partial charge in [-0.05, 0) is 37.9 Å². The number of halogens is 2. The minimum atomic E-state index is -0.241. The first-order valence-electron chi connectivity index (χ1n) is 4.06. The van der Waals surface area contributed by atoms with Gasteiger partial charge in [-0.25, -0.2) is 0 Å². The number of rotatable bonds is 5. The second kappa shape index (κ2) is 6.19. The van der Waals surface area contributed by atoms with E-state index in [0.29, 0.717) is 6.54 Å². The fourth-order valence-corrected chi connectivity index (χ4v) is 3.04. The molecule has 14 heavy (non-hydrogen) atoms. The van der Waals surface area contributed by atoms with Crippen LogP contribution in [0.5, 0.6) is 0 Å². The van der Waals surface area contributed by atoms with Gasteiger partial charge in [0, 0.05) is 15.9 Å². The number of nitrogens with one attached hydrogen (secondary N) is 1.